The Hall–Kier alpha value is -2.62. The van der Waals surface area contributed by atoms with Gasteiger partial charge in [-0.15, -0.1) is 0 Å². The normalized spacial score (nSPS) is 12.8. The predicted molar refractivity (Wildman–Crippen MR) is 96.3 cm³/mol. The fourth-order valence-electron chi connectivity index (χ4n) is 3.20. The van der Waals surface area contributed by atoms with Crippen LogP contribution in [-0.2, 0) is 16.0 Å². The van der Waals surface area contributed by atoms with Crippen molar-refractivity contribution in [1.29, 1.82) is 0 Å². The van der Waals surface area contributed by atoms with Gasteiger partial charge in [0, 0.05) is 37.8 Å². The van der Waals surface area contributed by atoms with E-state index < -0.39 is 0 Å². The molecule has 1 aliphatic rings. The summed E-state index contributed by atoms with van der Waals surface area (Å²) in [6, 6.07) is 15.8. The van der Waals surface area contributed by atoms with Crippen LogP contribution in [-0.4, -0.2) is 24.9 Å². The maximum Gasteiger partial charge on any atom is 0.228 e. The molecule has 2 aromatic rings. The van der Waals surface area contributed by atoms with E-state index in [1.165, 1.54) is 12.5 Å². The van der Waals surface area contributed by atoms with Crippen LogP contribution in [0.5, 0.6) is 0 Å². The molecule has 0 saturated heterocycles. The van der Waals surface area contributed by atoms with Gasteiger partial charge in [0.05, 0.1) is 0 Å². The first-order valence-corrected chi connectivity index (χ1v) is 8.29. The molecule has 0 aliphatic carbocycles. The number of hydrogen-bond donors (Lipinski definition) is 0. The quantitative estimate of drug-likeness (QED) is 0.866. The molecule has 1 aliphatic heterocycles. The van der Waals surface area contributed by atoms with Gasteiger partial charge in [0.15, 0.2) is 0 Å². The van der Waals surface area contributed by atoms with Gasteiger partial charge in [-0.2, -0.15) is 0 Å². The molecule has 3 rings (SSSR count). The average Bonchev–Trinajstić information content (AvgIpc) is 2.99. The van der Waals surface area contributed by atoms with Crippen LogP contribution in [0.15, 0.2) is 48.5 Å². The van der Waals surface area contributed by atoms with E-state index in [4.69, 9.17) is 0 Å². The molecule has 124 valence electrons. The van der Waals surface area contributed by atoms with E-state index in [0.717, 1.165) is 29.9 Å². The lowest BCUT2D eigenvalue weighted by atomic mass is 10.2. The van der Waals surface area contributed by atoms with Crippen LogP contribution in [0.1, 0.15) is 24.5 Å². The van der Waals surface area contributed by atoms with Crippen molar-refractivity contribution in [3.63, 3.8) is 0 Å². The first-order chi connectivity index (χ1) is 11.6. The van der Waals surface area contributed by atoms with E-state index in [2.05, 4.69) is 6.07 Å². The number of para-hydroxylation sites is 1. The van der Waals surface area contributed by atoms with Crippen LogP contribution in [0.2, 0.25) is 0 Å². The number of nitrogens with zero attached hydrogens (tertiary/aromatic N) is 2. The van der Waals surface area contributed by atoms with Gasteiger partial charge in [-0.05, 0) is 42.7 Å². The highest BCUT2D eigenvalue weighted by molar-refractivity contribution is 5.97. The second-order valence-electron chi connectivity index (χ2n) is 6.18. The molecule has 0 spiro atoms. The Labute approximate surface area is 142 Å². The van der Waals surface area contributed by atoms with E-state index in [1.807, 2.05) is 54.3 Å². The van der Waals surface area contributed by atoms with Gasteiger partial charge < -0.3 is 9.80 Å². The third-order valence-electron chi connectivity index (χ3n) is 4.43. The van der Waals surface area contributed by atoms with Gasteiger partial charge in [-0.25, -0.2) is 0 Å². The highest BCUT2D eigenvalue weighted by Crippen LogP contribution is 2.28. The summed E-state index contributed by atoms with van der Waals surface area (Å²) in [6.45, 7) is 4.66. The molecule has 0 bridgehead atoms. The van der Waals surface area contributed by atoms with Gasteiger partial charge in [0.1, 0.15) is 0 Å². The largest absolute Gasteiger partial charge is 0.312 e. The van der Waals surface area contributed by atoms with E-state index in [1.54, 1.807) is 4.90 Å². The predicted octanol–water partition coefficient (Wildman–Crippen LogP) is 3.33. The van der Waals surface area contributed by atoms with Gasteiger partial charge in [-0.1, -0.05) is 30.3 Å². The molecule has 0 N–H and O–H groups in total. The summed E-state index contributed by atoms with van der Waals surface area (Å²) in [7, 11) is 0. The number of rotatable bonds is 4. The smallest absolute Gasteiger partial charge is 0.228 e. The number of fused-ring (bicyclic) bond motifs is 1. The standard InChI is InChI=1S/C20H22N2O2/c1-15-6-5-8-18(14-15)21(16(2)23)13-11-20(24)22-12-10-17-7-3-4-9-19(17)22/h3-9,14H,10-13H2,1-2H3. The van der Waals surface area contributed by atoms with Crippen LogP contribution in [0.3, 0.4) is 0 Å². The molecule has 4 nitrogen and oxygen atoms in total. The van der Waals surface area contributed by atoms with Gasteiger partial charge in [-0.3, -0.25) is 9.59 Å². The maximum atomic E-state index is 12.6. The molecule has 24 heavy (non-hydrogen) atoms. The Morgan fingerprint density at radius 1 is 1.12 bits per heavy atom. The summed E-state index contributed by atoms with van der Waals surface area (Å²) >= 11 is 0. The molecule has 0 aromatic heterocycles. The lowest BCUT2D eigenvalue weighted by molar-refractivity contribution is -0.118. The molecule has 0 unspecified atom stereocenters. The zero-order valence-corrected chi connectivity index (χ0v) is 14.2. The van der Waals surface area contributed by atoms with Crippen LogP contribution < -0.4 is 9.80 Å². The minimum Gasteiger partial charge on any atom is -0.312 e. The molecule has 0 saturated carbocycles. The fraction of sp³-hybridized carbons (Fsp3) is 0.300. The van der Waals surface area contributed by atoms with Crippen LogP contribution in [0.25, 0.3) is 0 Å². The molecule has 4 heteroatoms. The number of carbonyl (C=O) groups is 2. The van der Waals surface area contributed by atoms with Gasteiger partial charge >= 0.3 is 0 Å². The van der Waals surface area contributed by atoms with Crippen molar-refractivity contribution in [1.82, 2.24) is 0 Å². The lowest BCUT2D eigenvalue weighted by Gasteiger charge is -2.23. The molecular weight excluding hydrogens is 300 g/mol. The maximum absolute atomic E-state index is 12.6. The highest BCUT2D eigenvalue weighted by atomic mass is 16.2. The number of amides is 2. The summed E-state index contributed by atoms with van der Waals surface area (Å²) in [5.41, 5.74) is 4.16. The van der Waals surface area contributed by atoms with Crippen LogP contribution >= 0.6 is 0 Å². The fourth-order valence-corrected chi connectivity index (χ4v) is 3.20. The number of carbonyl (C=O) groups excluding carboxylic acids is 2. The zero-order chi connectivity index (χ0) is 17.1. The zero-order valence-electron chi connectivity index (χ0n) is 14.2. The van der Waals surface area contributed by atoms with E-state index >= 15 is 0 Å². The Kier molecular flexibility index (Phi) is 4.65. The van der Waals surface area contributed by atoms with Crippen molar-refractivity contribution < 1.29 is 9.59 Å². The average molecular weight is 322 g/mol. The molecule has 2 aromatic carbocycles. The van der Waals surface area contributed by atoms with Crippen LogP contribution in [0.4, 0.5) is 11.4 Å². The molecule has 0 fully saturated rings. The van der Waals surface area contributed by atoms with Crippen molar-refractivity contribution in [3.05, 3.63) is 59.7 Å². The Morgan fingerprint density at radius 2 is 1.92 bits per heavy atom. The van der Waals surface area contributed by atoms with Gasteiger partial charge in [0.2, 0.25) is 11.8 Å². The van der Waals surface area contributed by atoms with Crippen molar-refractivity contribution in [3.8, 4) is 0 Å². The van der Waals surface area contributed by atoms with Crippen molar-refractivity contribution in [2.45, 2.75) is 26.7 Å². The SMILES string of the molecule is CC(=O)N(CCC(=O)N1CCc2ccccc21)c1cccc(C)c1. The number of aryl methyl sites for hydroxylation is 1. The van der Waals surface area contributed by atoms with Crippen molar-refractivity contribution in [2.24, 2.45) is 0 Å². The monoisotopic (exact) mass is 322 g/mol. The van der Waals surface area contributed by atoms with Crippen molar-refractivity contribution >= 4 is 23.2 Å². The second-order valence-corrected chi connectivity index (χ2v) is 6.18. The lowest BCUT2D eigenvalue weighted by Crippen LogP contribution is -2.35. The van der Waals surface area contributed by atoms with E-state index in [-0.39, 0.29) is 11.8 Å². The molecule has 2 amide bonds. The second kappa shape index (κ2) is 6.87. The Balaban J connectivity index is 1.70. The van der Waals surface area contributed by atoms with Gasteiger partial charge in [0.25, 0.3) is 0 Å². The van der Waals surface area contributed by atoms with E-state index in [0.29, 0.717) is 13.0 Å². The minimum absolute atomic E-state index is 0.0461. The summed E-state index contributed by atoms with van der Waals surface area (Å²) < 4.78 is 0. The first-order valence-electron chi connectivity index (χ1n) is 8.29. The third-order valence-corrected chi connectivity index (χ3v) is 4.43. The topological polar surface area (TPSA) is 40.6 Å². The van der Waals surface area contributed by atoms with E-state index in [9.17, 15) is 9.59 Å². The Bertz CT molecular complexity index is 770. The molecule has 1 heterocycles. The minimum atomic E-state index is -0.0461. The highest BCUT2D eigenvalue weighted by Gasteiger charge is 2.24. The van der Waals surface area contributed by atoms with Crippen LogP contribution in [0, 0.1) is 6.92 Å². The number of benzene rings is 2. The molecule has 0 radical (unpaired) electrons. The summed E-state index contributed by atoms with van der Waals surface area (Å²) in [5, 5.41) is 0. The first kappa shape index (κ1) is 16.2. The molecular formula is C20H22N2O2. The summed E-state index contributed by atoms with van der Waals surface area (Å²) in [6.07, 6.45) is 1.22. The molecule has 0 atom stereocenters. The van der Waals surface area contributed by atoms with Crippen molar-refractivity contribution in [2.75, 3.05) is 22.9 Å². The summed E-state index contributed by atoms with van der Waals surface area (Å²) in [4.78, 5) is 28.1. The Morgan fingerprint density at radius 3 is 2.67 bits per heavy atom. The third kappa shape index (κ3) is 3.32. The number of hydrogen-bond acceptors (Lipinski definition) is 2. The summed E-state index contributed by atoms with van der Waals surface area (Å²) in [5.74, 6) is 0.0223. The number of anilines is 2.